The lowest BCUT2D eigenvalue weighted by molar-refractivity contribution is -0.137. The Hall–Kier alpha value is -1.98. The molecule has 0 aromatic heterocycles. The monoisotopic (exact) mass is 373 g/mol. The highest BCUT2D eigenvalue weighted by molar-refractivity contribution is 6.32. The maximum atomic E-state index is 12.7. The highest BCUT2D eigenvalue weighted by Crippen LogP contribution is 2.32. The summed E-state index contributed by atoms with van der Waals surface area (Å²) in [6.07, 6.45) is -2.10. The molecule has 126 valence electrons. The number of hydrogen-bond donors (Lipinski definition) is 1. The van der Waals surface area contributed by atoms with Gasteiger partial charge in [-0.3, -0.25) is 4.79 Å². The van der Waals surface area contributed by atoms with Gasteiger partial charge in [-0.15, -0.1) is 0 Å². The summed E-state index contributed by atoms with van der Waals surface area (Å²) in [4.78, 5) is 11.8. The van der Waals surface area contributed by atoms with Crippen LogP contribution in [-0.2, 0) is 17.5 Å². The van der Waals surface area contributed by atoms with Crippen LogP contribution in [0.25, 0.3) is 6.08 Å². The zero-order chi connectivity index (χ0) is 17.7. The van der Waals surface area contributed by atoms with Gasteiger partial charge in [-0.25, -0.2) is 0 Å². The van der Waals surface area contributed by atoms with E-state index in [-0.39, 0.29) is 17.1 Å². The van der Waals surface area contributed by atoms with Gasteiger partial charge in [0.1, 0.15) is 0 Å². The van der Waals surface area contributed by atoms with E-state index in [4.69, 9.17) is 23.2 Å². The second-order valence-electron chi connectivity index (χ2n) is 4.92. The fourth-order valence-corrected chi connectivity index (χ4v) is 2.30. The number of carbonyl (C=O) groups is 1. The standard InChI is InChI=1S/C17H12Cl2F3NO/c18-14-3-1-2-11(8-14)10-23-16(24)7-4-12-9-13(17(20,21)22)5-6-15(12)19/h1-9H,10H2,(H,23,24)/b7-4+. The van der Waals surface area contributed by atoms with Crippen molar-refractivity contribution in [3.8, 4) is 0 Å². The first kappa shape index (κ1) is 18.4. The molecular weight excluding hydrogens is 362 g/mol. The van der Waals surface area contributed by atoms with Crippen LogP contribution in [0.4, 0.5) is 13.2 Å². The summed E-state index contributed by atoms with van der Waals surface area (Å²) in [5.74, 6) is -0.455. The molecule has 2 nitrogen and oxygen atoms in total. The van der Waals surface area contributed by atoms with Gasteiger partial charge in [0.2, 0.25) is 5.91 Å². The number of rotatable bonds is 4. The predicted octanol–water partition coefficient (Wildman–Crippen LogP) is 5.34. The topological polar surface area (TPSA) is 29.1 Å². The largest absolute Gasteiger partial charge is 0.416 e. The average Bonchev–Trinajstić information content (AvgIpc) is 2.51. The van der Waals surface area contributed by atoms with Crippen molar-refractivity contribution in [3.63, 3.8) is 0 Å². The summed E-state index contributed by atoms with van der Waals surface area (Å²) >= 11 is 11.7. The lowest BCUT2D eigenvalue weighted by Gasteiger charge is -2.08. The molecule has 0 aliphatic rings. The van der Waals surface area contributed by atoms with Gasteiger partial charge in [0.15, 0.2) is 0 Å². The fraction of sp³-hybridized carbons (Fsp3) is 0.118. The van der Waals surface area contributed by atoms with E-state index in [2.05, 4.69) is 5.32 Å². The maximum absolute atomic E-state index is 12.7. The number of benzene rings is 2. The first-order valence-corrected chi connectivity index (χ1v) is 7.58. The minimum atomic E-state index is -4.47. The van der Waals surface area contributed by atoms with E-state index in [1.807, 2.05) is 0 Å². The zero-order valence-electron chi connectivity index (χ0n) is 12.2. The molecule has 0 unspecified atom stereocenters. The molecule has 0 bridgehead atoms. The molecule has 2 aromatic carbocycles. The summed E-state index contributed by atoms with van der Waals surface area (Å²) in [6, 6.07) is 9.88. The third-order valence-corrected chi connectivity index (χ3v) is 3.67. The Morgan fingerprint density at radius 2 is 1.88 bits per heavy atom. The second kappa shape index (κ2) is 7.73. The third-order valence-electron chi connectivity index (χ3n) is 3.09. The predicted molar refractivity (Wildman–Crippen MR) is 88.8 cm³/mol. The fourth-order valence-electron chi connectivity index (χ4n) is 1.91. The van der Waals surface area contributed by atoms with E-state index in [0.29, 0.717) is 5.02 Å². The molecule has 24 heavy (non-hydrogen) atoms. The maximum Gasteiger partial charge on any atom is 0.416 e. The van der Waals surface area contributed by atoms with Gasteiger partial charge in [-0.05, 0) is 47.5 Å². The van der Waals surface area contributed by atoms with Crippen molar-refractivity contribution >= 4 is 35.2 Å². The molecule has 0 radical (unpaired) electrons. The van der Waals surface area contributed by atoms with Gasteiger partial charge in [-0.1, -0.05) is 35.3 Å². The van der Waals surface area contributed by atoms with E-state index < -0.39 is 17.6 Å². The first-order valence-electron chi connectivity index (χ1n) is 6.83. The third kappa shape index (κ3) is 5.28. The molecule has 7 heteroatoms. The number of carbonyl (C=O) groups excluding carboxylic acids is 1. The van der Waals surface area contributed by atoms with Crippen molar-refractivity contribution in [2.75, 3.05) is 0 Å². The quantitative estimate of drug-likeness (QED) is 0.719. The highest BCUT2D eigenvalue weighted by atomic mass is 35.5. The van der Waals surface area contributed by atoms with Gasteiger partial charge >= 0.3 is 6.18 Å². The Labute approximate surface area is 146 Å². The van der Waals surface area contributed by atoms with E-state index in [1.54, 1.807) is 24.3 Å². The van der Waals surface area contributed by atoms with Crippen LogP contribution in [0.2, 0.25) is 10.0 Å². The SMILES string of the molecule is O=C(/C=C/c1cc(C(F)(F)F)ccc1Cl)NCc1cccc(Cl)c1. The van der Waals surface area contributed by atoms with Crippen LogP contribution in [0.1, 0.15) is 16.7 Å². The van der Waals surface area contributed by atoms with Crippen molar-refractivity contribution in [2.45, 2.75) is 12.7 Å². The molecule has 0 saturated carbocycles. The molecule has 0 aliphatic heterocycles. The average molecular weight is 374 g/mol. The van der Waals surface area contributed by atoms with Crippen molar-refractivity contribution in [2.24, 2.45) is 0 Å². The van der Waals surface area contributed by atoms with E-state index >= 15 is 0 Å². The second-order valence-corrected chi connectivity index (χ2v) is 5.76. The van der Waals surface area contributed by atoms with Gasteiger partial charge in [-0.2, -0.15) is 13.2 Å². The molecule has 1 N–H and O–H groups in total. The van der Waals surface area contributed by atoms with Crippen LogP contribution in [0, 0.1) is 0 Å². The zero-order valence-corrected chi connectivity index (χ0v) is 13.7. The van der Waals surface area contributed by atoms with Gasteiger partial charge in [0, 0.05) is 22.7 Å². The Kier molecular flexibility index (Phi) is 5.91. The molecular formula is C17H12Cl2F3NO. The van der Waals surface area contributed by atoms with Crippen LogP contribution in [0.3, 0.4) is 0 Å². The smallest absolute Gasteiger partial charge is 0.348 e. The molecule has 0 aliphatic carbocycles. The summed E-state index contributed by atoms with van der Waals surface area (Å²) in [7, 11) is 0. The lowest BCUT2D eigenvalue weighted by Crippen LogP contribution is -2.20. The Morgan fingerprint density at radius 1 is 1.12 bits per heavy atom. The summed E-state index contributed by atoms with van der Waals surface area (Å²) < 4.78 is 38.0. The summed E-state index contributed by atoms with van der Waals surface area (Å²) in [5, 5.41) is 3.29. The van der Waals surface area contributed by atoms with E-state index in [0.717, 1.165) is 29.8 Å². The lowest BCUT2D eigenvalue weighted by atomic mass is 10.1. The summed E-state index contributed by atoms with van der Waals surface area (Å²) in [5.41, 5.74) is 0.0941. The minimum Gasteiger partial charge on any atom is -0.348 e. The number of amides is 1. The molecule has 0 heterocycles. The molecule has 2 aromatic rings. The summed E-state index contributed by atoms with van der Waals surface area (Å²) in [6.45, 7) is 0.250. The van der Waals surface area contributed by atoms with Crippen LogP contribution in [0.5, 0.6) is 0 Å². The van der Waals surface area contributed by atoms with Gasteiger partial charge < -0.3 is 5.32 Å². The van der Waals surface area contributed by atoms with Gasteiger partial charge in [0.05, 0.1) is 5.56 Å². The van der Waals surface area contributed by atoms with Crippen LogP contribution in [-0.4, -0.2) is 5.91 Å². The van der Waals surface area contributed by atoms with Gasteiger partial charge in [0.25, 0.3) is 0 Å². The molecule has 0 fully saturated rings. The molecule has 1 amide bonds. The minimum absolute atomic E-state index is 0.115. The number of nitrogens with one attached hydrogen (secondary N) is 1. The normalized spacial score (nSPS) is 11.7. The van der Waals surface area contributed by atoms with E-state index in [1.165, 1.54) is 6.08 Å². The van der Waals surface area contributed by atoms with Crippen LogP contribution < -0.4 is 5.32 Å². The van der Waals surface area contributed by atoms with Crippen molar-refractivity contribution in [3.05, 3.63) is 75.3 Å². The Balaban J connectivity index is 2.03. The highest BCUT2D eigenvalue weighted by Gasteiger charge is 2.30. The molecule has 2 rings (SSSR count). The van der Waals surface area contributed by atoms with E-state index in [9.17, 15) is 18.0 Å². The molecule has 0 spiro atoms. The van der Waals surface area contributed by atoms with Crippen LogP contribution >= 0.6 is 23.2 Å². The molecule has 0 atom stereocenters. The van der Waals surface area contributed by atoms with Crippen molar-refractivity contribution in [1.82, 2.24) is 5.32 Å². The Bertz CT molecular complexity index is 773. The van der Waals surface area contributed by atoms with Crippen molar-refractivity contribution < 1.29 is 18.0 Å². The number of alkyl halides is 3. The Morgan fingerprint density at radius 3 is 2.54 bits per heavy atom. The number of hydrogen-bond acceptors (Lipinski definition) is 1. The number of halogens is 5. The molecule has 0 saturated heterocycles. The van der Waals surface area contributed by atoms with Crippen LogP contribution in [0.15, 0.2) is 48.5 Å². The van der Waals surface area contributed by atoms with Crippen molar-refractivity contribution in [1.29, 1.82) is 0 Å². The first-order chi connectivity index (χ1) is 11.3.